The normalized spacial score (nSPS) is 10.2. The highest BCUT2D eigenvalue weighted by Gasteiger charge is 2.06. The van der Waals surface area contributed by atoms with Gasteiger partial charge in [0.25, 0.3) is 0 Å². The van der Waals surface area contributed by atoms with Crippen molar-refractivity contribution < 1.29 is 4.79 Å². The molecule has 0 aromatic heterocycles. The van der Waals surface area contributed by atoms with Crippen LogP contribution in [0.5, 0.6) is 0 Å². The molecule has 0 bridgehead atoms. The first-order chi connectivity index (χ1) is 5.42. The molecule has 0 aromatic carbocycles. The van der Waals surface area contributed by atoms with E-state index in [0.29, 0.717) is 0 Å². The Balaban J connectivity index is 2.73. The number of nitrogens with one attached hydrogen (secondary N) is 1. The molecule has 1 aliphatic heterocycles. The van der Waals surface area contributed by atoms with Crippen LogP contribution < -0.4 is 0 Å². The van der Waals surface area contributed by atoms with E-state index in [4.69, 9.17) is 0 Å². The molecule has 1 N–H and O–H groups in total. The first kappa shape index (κ1) is 6.16. The van der Waals surface area contributed by atoms with Crippen LogP contribution in [-0.4, -0.2) is 11.3 Å². The molecule has 0 radical (unpaired) electrons. The van der Waals surface area contributed by atoms with E-state index in [-0.39, 0.29) is 0 Å². The lowest BCUT2D eigenvalue weighted by Crippen LogP contribution is -1.83. The fourth-order valence-corrected chi connectivity index (χ4v) is 1.20. The number of fused-ring (bicyclic) bond motifs is 1. The fourth-order valence-electron chi connectivity index (χ4n) is 1.20. The van der Waals surface area contributed by atoms with E-state index >= 15 is 0 Å². The maximum Gasteiger partial charge on any atom is 0.152 e. The molecule has 0 saturated carbocycles. The van der Waals surface area contributed by atoms with Gasteiger partial charge in [-0.05, 0) is 17.7 Å². The van der Waals surface area contributed by atoms with Gasteiger partial charge in [-0.1, -0.05) is 12.1 Å². The molecular formula is C9H7NO. The Bertz CT molecular complexity index is 351. The predicted molar refractivity (Wildman–Crippen MR) is 42.8 cm³/mol. The number of aldehydes is 1. The molecule has 1 heterocycles. The van der Waals surface area contributed by atoms with Gasteiger partial charge < -0.3 is 4.98 Å². The Hall–Kier alpha value is -1.57. The van der Waals surface area contributed by atoms with E-state index in [1.165, 1.54) is 0 Å². The average Bonchev–Trinajstić information content (AvgIpc) is 2.47. The van der Waals surface area contributed by atoms with Crippen molar-refractivity contribution in [3.8, 4) is 11.3 Å². The second kappa shape index (κ2) is 2.23. The molecule has 2 rings (SSSR count). The van der Waals surface area contributed by atoms with Crippen molar-refractivity contribution in [2.75, 3.05) is 0 Å². The Morgan fingerprint density at radius 3 is 3.00 bits per heavy atom. The minimum absolute atomic E-state index is 0.723. The van der Waals surface area contributed by atoms with Crippen LogP contribution in [0.25, 0.3) is 11.3 Å². The Morgan fingerprint density at radius 1 is 1.27 bits per heavy atom. The number of carbonyl (C=O) groups excluding carboxylic acids is 1. The summed E-state index contributed by atoms with van der Waals surface area (Å²) in [5, 5.41) is 0. The van der Waals surface area contributed by atoms with Crippen LogP contribution in [0, 0.1) is 0 Å². The minimum atomic E-state index is 0.723. The molecule has 0 amide bonds. The Morgan fingerprint density at radius 2 is 2.18 bits per heavy atom. The summed E-state index contributed by atoms with van der Waals surface area (Å²) in [4.78, 5) is 13.5. The number of carbonyl (C=O) groups is 1. The second-order valence-corrected chi connectivity index (χ2v) is 2.41. The summed E-state index contributed by atoms with van der Waals surface area (Å²) in [6, 6.07) is 7.62. The predicted octanol–water partition coefficient (Wildman–Crippen LogP) is 1.93. The van der Waals surface area contributed by atoms with Crippen LogP contribution in [0.2, 0.25) is 0 Å². The molecule has 1 aliphatic carbocycles. The molecule has 0 atom stereocenters. The largest absolute Gasteiger partial charge is 0.361 e. The maximum atomic E-state index is 10.5. The highest BCUT2D eigenvalue weighted by atomic mass is 16.1. The van der Waals surface area contributed by atoms with Gasteiger partial charge >= 0.3 is 0 Å². The Kier molecular flexibility index (Phi) is 1.25. The van der Waals surface area contributed by atoms with E-state index in [9.17, 15) is 4.79 Å². The van der Waals surface area contributed by atoms with E-state index < -0.39 is 0 Å². The number of aromatic amines is 1. The lowest BCUT2D eigenvalue weighted by atomic mass is 10.2. The first-order valence-corrected chi connectivity index (χ1v) is 3.43. The average molecular weight is 145 g/mol. The number of hydrogen-bond acceptors (Lipinski definition) is 1. The monoisotopic (exact) mass is 145 g/mol. The highest BCUT2D eigenvalue weighted by Crippen LogP contribution is 2.22. The summed E-state index contributed by atoms with van der Waals surface area (Å²) in [6.45, 7) is 0. The van der Waals surface area contributed by atoms with Gasteiger partial charge in [-0.25, -0.2) is 0 Å². The van der Waals surface area contributed by atoms with Crippen molar-refractivity contribution in [2.24, 2.45) is 0 Å². The summed E-state index contributed by atoms with van der Waals surface area (Å²) in [5.41, 5.74) is 2.72. The van der Waals surface area contributed by atoms with Gasteiger partial charge in [0, 0.05) is 11.8 Å². The summed E-state index contributed by atoms with van der Waals surface area (Å²) in [5.74, 6) is 0. The molecule has 0 aromatic rings. The van der Waals surface area contributed by atoms with E-state index in [2.05, 4.69) is 4.98 Å². The molecule has 2 nitrogen and oxygen atoms in total. The van der Waals surface area contributed by atoms with E-state index in [1.54, 1.807) is 0 Å². The van der Waals surface area contributed by atoms with Gasteiger partial charge in [-0.3, -0.25) is 4.79 Å². The van der Waals surface area contributed by atoms with Crippen molar-refractivity contribution in [2.45, 2.75) is 0 Å². The SMILES string of the molecule is O=Cc1ccc2ccc[nH]c1-2. The molecule has 0 saturated heterocycles. The molecule has 0 spiro atoms. The van der Waals surface area contributed by atoms with E-state index in [0.717, 1.165) is 23.1 Å². The molecule has 0 unspecified atom stereocenters. The quantitative estimate of drug-likeness (QED) is 0.611. The maximum absolute atomic E-state index is 10.5. The van der Waals surface area contributed by atoms with Crippen molar-refractivity contribution >= 4 is 6.29 Å². The smallest absolute Gasteiger partial charge is 0.152 e. The van der Waals surface area contributed by atoms with Crippen LogP contribution in [-0.2, 0) is 0 Å². The standard InChI is InChI=1S/C9H7NO/c11-6-8-4-3-7-2-1-5-10-9(7)8/h1-6,10H. The van der Waals surface area contributed by atoms with Gasteiger partial charge in [0.1, 0.15) is 0 Å². The molecule has 11 heavy (non-hydrogen) atoms. The molecular weight excluding hydrogens is 138 g/mol. The Labute approximate surface area is 64.2 Å². The molecule has 2 aliphatic rings. The van der Waals surface area contributed by atoms with Gasteiger partial charge in [0.2, 0.25) is 0 Å². The third-order valence-corrected chi connectivity index (χ3v) is 1.75. The number of rotatable bonds is 1. The van der Waals surface area contributed by atoms with Crippen molar-refractivity contribution in [1.82, 2.24) is 4.98 Å². The zero-order chi connectivity index (χ0) is 7.68. The topological polar surface area (TPSA) is 32.9 Å². The van der Waals surface area contributed by atoms with Crippen LogP contribution in [0.15, 0.2) is 30.5 Å². The van der Waals surface area contributed by atoms with Crippen molar-refractivity contribution in [1.29, 1.82) is 0 Å². The summed E-state index contributed by atoms with van der Waals surface area (Å²) in [6.07, 6.45) is 2.67. The summed E-state index contributed by atoms with van der Waals surface area (Å²) >= 11 is 0. The lowest BCUT2D eigenvalue weighted by Gasteiger charge is -1.97. The van der Waals surface area contributed by atoms with Crippen LogP contribution in [0.4, 0.5) is 0 Å². The summed E-state index contributed by atoms with van der Waals surface area (Å²) < 4.78 is 0. The van der Waals surface area contributed by atoms with Crippen molar-refractivity contribution in [3.63, 3.8) is 0 Å². The number of aromatic nitrogens is 1. The van der Waals surface area contributed by atoms with E-state index in [1.807, 2.05) is 30.5 Å². The summed E-state index contributed by atoms with van der Waals surface area (Å²) in [7, 11) is 0. The zero-order valence-corrected chi connectivity index (χ0v) is 5.87. The second-order valence-electron chi connectivity index (χ2n) is 2.41. The van der Waals surface area contributed by atoms with Gasteiger partial charge in [-0.2, -0.15) is 0 Å². The third-order valence-electron chi connectivity index (χ3n) is 1.75. The fraction of sp³-hybridized carbons (Fsp3) is 0. The van der Waals surface area contributed by atoms with Gasteiger partial charge in [-0.15, -0.1) is 0 Å². The highest BCUT2D eigenvalue weighted by molar-refractivity contribution is 5.87. The molecule has 54 valence electrons. The first-order valence-electron chi connectivity index (χ1n) is 3.43. The van der Waals surface area contributed by atoms with Gasteiger partial charge in [0.15, 0.2) is 6.29 Å². The van der Waals surface area contributed by atoms with Crippen LogP contribution >= 0.6 is 0 Å². The van der Waals surface area contributed by atoms with Crippen LogP contribution in [0.1, 0.15) is 10.4 Å². The third kappa shape index (κ3) is 0.835. The van der Waals surface area contributed by atoms with Crippen molar-refractivity contribution in [3.05, 3.63) is 36.0 Å². The minimum Gasteiger partial charge on any atom is -0.361 e. The zero-order valence-electron chi connectivity index (χ0n) is 5.87. The number of pyridine rings is 1. The van der Waals surface area contributed by atoms with Crippen LogP contribution in [0.3, 0.4) is 0 Å². The molecule has 2 heteroatoms. The number of H-pyrrole nitrogens is 1. The molecule has 0 fully saturated rings. The lowest BCUT2D eigenvalue weighted by molar-refractivity contribution is 0.112. The number of hydrogen-bond donors (Lipinski definition) is 1. The van der Waals surface area contributed by atoms with Gasteiger partial charge in [0.05, 0.1) is 5.69 Å².